The van der Waals surface area contributed by atoms with E-state index in [1.165, 1.54) is 12.1 Å². The lowest BCUT2D eigenvalue weighted by atomic mass is 10.1. The van der Waals surface area contributed by atoms with Crippen LogP contribution in [0.2, 0.25) is 10.0 Å². The van der Waals surface area contributed by atoms with Crippen molar-refractivity contribution < 1.29 is 8.42 Å². The minimum absolute atomic E-state index is 0.113. The van der Waals surface area contributed by atoms with Crippen LogP contribution in [0.5, 0.6) is 0 Å². The van der Waals surface area contributed by atoms with Crippen molar-refractivity contribution in [3.8, 4) is 0 Å². The van der Waals surface area contributed by atoms with Crippen LogP contribution in [0.1, 0.15) is 17.5 Å². The highest BCUT2D eigenvalue weighted by molar-refractivity contribution is 7.89. The Hall–Kier alpha value is -1.80. The number of halogens is 2. The summed E-state index contributed by atoms with van der Waals surface area (Å²) >= 11 is 12.1. The molecule has 0 heterocycles. The van der Waals surface area contributed by atoms with Crippen LogP contribution in [0.4, 0.5) is 0 Å². The van der Waals surface area contributed by atoms with Crippen LogP contribution < -0.4 is 15.8 Å². The van der Waals surface area contributed by atoms with Crippen molar-refractivity contribution >= 4 is 39.2 Å². The minimum atomic E-state index is -3.65. The van der Waals surface area contributed by atoms with Crippen molar-refractivity contribution in [2.75, 3.05) is 20.1 Å². The van der Waals surface area contributed by atoms with E-state index in [4.69, 9.17) is 28.3 Å². The average molecular weight is 443 g/mol. The molecular formula is C19H24Cl2N4O2S. The molecular weight excluding hydrogens is 419 g/mol. The van der Waals surface area contributed by atoms with Gasteiger partial charge in [0.1, 0.15) is 0 Å². The fourth-order valence-corrected chi connectivity index (χ4v) is 3.62. The van der Waals surface area contributed by atoms with E-state index in [1.807, 2.05) is 12.1 Å². The zero-order valence-corrected chi connectivity index (χ0v) is 17.9. The maximum atomic E-state index is 11.3. The summed E-state index contributed by atoms with van der Waals surface area (Å²) in [4.78, 5) is 4.31. The number of nitrogens with one attached hydrogen (secondary N) is 2. The molecule has 0 spiro atoms. The van der Waals surface area contributed by atoms with Gasteiger partial charge in [0.15, 0.2) is 5.96 Å². The van der Waals surface area contributed by atoms with Gasteiger partial charge in [0.25, 0.3) is 0 Å². The summed E-state index contributed by atoms with van der Waals surface area (Å²) in [7, 11) is -1.94. The maximum Gasteiger partial charge on any atom is 0.238 e. The Morgan fingerprint density at radius 3 is 2.32 bits per heavy atom. The van der Waals surface area contributed by atoms with Crippen molar-refractivity contribution in [2.45, 2.75) is 24.2 Å². The summed E-state index contributed by atoms with van der Waals surface area (Å²) < 4.78 is 22.5. The van der Waals surface area contributed by atoms with Gasteiger partial charge in [-0.05, 0) is 54.7 Å². The molecule has 0 saturated carbocycles. The van der Waals surface area contributed by atoms with Gasteiger partial charge in [-0.2, -0.15) is 0 Å². The number of hydrogen-bond donors (Lipinski definition) is 3. The number of hydrogen-bond acceptors (Lipinski definition) is 3. The number of nitrogens with zero attached hydrogens (tertiary/aromatic N) is 1. The molecule has 4 N–H and O–H groups in total. The summed E-state index contributed by atoms with van der Waals surface area (Å²) in [5, 5.41) is 12.9. The van der Waals surface area contributed by atoms with E-state index in [-0.39, 0.29) is 4.90 Å². The topological polar surface area (TPSA) is 96.6 Å². The third-order valence-electron chi connectivity index (χ3n) is 4.11. The molecule has 0 aliphatic rings. The SMILES string of the molecule is CN=C(NCCCc1ccc(Cl)cc1Cl)NCCc1ccc(S(N)(=O)=O)cc1. The monoisotopic (exact) mass is 442 g/mol. The van der Waals surface area contributed by atoms with Crippen LogP contribution in [0.3, 0.4) is 0 Å². The van der Waals surface area contributed by atoms with Gasteiger partial charge in [-0.25, -0.2) is 13.6 Å². The van der Waals surface area contributed by atoms with Crippen molar-refractivity contribution in [3.05, 3.63) is 63.6 Å². The van der Waals surface area contributed by atoms with Crippen LogP contribution in [-0.4, -0.2) is 34.5 Å². The van der Waals surface area contributed by atoms with Crippen molar-refractivity contribution in [2.24, 2.45) is 10.1 Å². The highest BCUT2D eigenvalue weighted by Crippen LogP contribution is 2.21. The summed E-state index contributed by atoms with van der Waals surface area (Å²) in [6.07, 6.45) is 2.47. The first-order valence-electron chi connectivity index (χ1n) is 8.80. The van der Waals surface area contributed by atoms with Gasteiger partial charge in [-0.3, -0.25) is 4.99 Å². The van der Waals surface area contributed by atoms with Crippen LogP contribution in [0, 0.1) is 0 Å². The predicted molar refractivity (Wildman–Crippen MR) is 116 cm³/mol. The molecule has 0 bridgehead atoms. The highest BCUT2D eigenvalue weighted by atomic mass is 35.5. The standard InChI is InChI=1S/C19H24Cl2N4O2S/c1-23-19(24-11-2-3-15-6-7-16(20)13-18(15)21)25-12-10-14-4-8-17(9-5-14)28(22,26)27/h4-9,13H,2-3,10-12H2,1H3,(H2,22,26,27)(H2,23,24,25). The summed E-state index contributed by atoms with van der Waals surface area (Å²) in [6.45, 7) is 1.42. The van der Waals surface area contributed by atoms with Gasteiger partial charge in [-0.15, -0.1) is 0 Å². The van der Waals surface area contributed by atoms with E-state index in [2.05, 4.69) is 15.6 Å². The molecule has 2 rings (SSSR count). The predicted octanol–water partition coefficient (Wildman–Crippen LogP) is 2.98. The van der Waals surface area contributed by atoms with Crippen LogP contribution in [-0.2, 0) is 22.9 Å². The van der Waals surface area contributed by atoms with Crippen molar-refractivity contribution in [1.82, 2.24) is 10.6 Å². The minimum Gasteiger partial charge on any atom is -0.356 e. The van der Waals surface area contributed by atoms with E-state index < -0.39 is 10.0 Å². The molecule has 0 radical (unpaired) electrons. The number of sulfonamides is 1. The smallest absolute Gasteiger partial charge is 0.238 e. The molecule has 0 saturated heterocycles. The van der Waals surface area contributed by atoms with Crippen molar-refractivity contribution in [3.63, 3.8) is 0 Å². The number of aliphatic imine (C=N–C) groups is 1. The summed E-state index contributed by atoms with van der Waals surface area (Å²) in [5.74, 6) is 0.711. The Morgan fingerprint density at radius 1 is 1.04 bits per heavy atom. The highest BCUT2D eigenvalue weighted by Gasteiger charge is 2.07. The Kier molecular flexibility index (Phi) is 8.57. The number of primary sulfonamides is 1. The van der Waals surface area contributed by atoms with Gasteiger partial charge in [0.05, 0.1) is 4.90 Å². The fourth-order valence-electron chi connectivity index (χ4n) is 2.60. The second kappa shape index (κ2) is 10.7. The molecule has 2 aromatic rings. The van der Waals surface area contributed by atoms with E-state index in [0.717, 1.165) is 36.9 Å². The van der Waals surface area contributed by atoms with Crippen molar-refractivity contribution in [1.29, 1.82) is 0 Å². The second-order valence-corrected chi connectivity index (χ2v) is 8.61. The number of aryl methyl sites for hydroxylation is 1. The fraction of sp³-hybridized carbons (Fsp3) is 0.316. The molecule has 152 valence electrons. The van der Waals surface area contributed by atoms with E-state index in [1.54, 1.807) is 25.2 Å². The lowest BCUT2D eigenvalue weighted by Crippen LogP contribution is -2.38. The second-order valence-electron chi connectivity index (χ2n) is 6.20. The van der Waals surface area contributed by atoms with Gasteiger partial charge in [0, 0.05) is 30.2 Å². The molecule has 0 amide bonds. The largest absolute Gasteiger partial charge is 0.356 e. The van der Waals surface area contributed by atoms with Gasteiger partial charge in [0.2, 0.25) is 10.0 Å². The first-order chi connectivity index (χ1) is 13.3. The zero-order valence-electron chi connectivity index (χ0n) is 15.6. The lowest BCUT2D eigenvalue weighted by Gasteiger charge is -2.12. The maximum absolute atomic E-state index is 11.3. The molecule has 0 atom stereocenters. The number of benzene rings is 2. The first kappa shape index (κ1) is 22.5. The Labute approximate surface area is 176 Å². The molecule has 28 heavy (non-hydrogen) atoms. The van der Waals surface area contributed by atoms with Gasteiger partial charge < -0.3 is 10.6 Å². The third-order valence-corrected chi connectivity index (χ3v) is 5.63. The Bertz CT molecular complexity index is 916. The molecule has 6 nitrogen and oxygen atoms in total. The number of rotatable bonds is 8. The number of guanidine groups is 1. The molecule has 2 aromatic carbocycles. The summed E-state index contributed by atoms with van der Waals surface area (Å²) in [5.41, 5.74) is 2.08. The molecule has 0 fully saturated rings. The average Bonchev–Trinajstić information content (AvgIpc) is 2.64. The molecule has 0 aliphatic carbocycles. The Morgan fingerprint density at radius 2 is 1.71 bits per heavy atom. The summed E-state index contributed by atoms with van der Waals surface area (Å²) in [6, 6.07) is 12.1. The lowest BCUT2D eigenvalue weighted by molar-refractivity contribution is 0.598. The molecule has 0 aromatic heterocycles. The van der Waals surface area contributed by atoms with Gasteiger partial charge in [-0.1, -0.05) is 41.4 Å². The Balaban J connectivity index is 1.71. The zero-order chi connectivity index (χ0) is 20.6. The van der Waals surface area contributed by atoms with Gasteiger partial charge >= 0.3 is 0 Å². The third kappa shape index (κ3) is 7.31. The molecule has 0 aliphatic heterocycles. The normalized spacial score (nSPS) is 12.1. The van der Waals surface area contributed by atoms with E-state index in [0.29, 0.717) is 22.5 Å². The molecule has 9 heteroatoms. The van der Waals surface area contributed by atoms with Crippen LogP contribution in [0.25, 0.3) is 0 Å². The number of nitrogens with two attached hydrogens (primary N) is 1. The van der Waals surface area contributed by atoms with E-state index in [9.17, 15) is 8.42 Å². The molecule has 0 unspecified atom stereocenters. The van der Waals surface area contributed by atoms with E-state index >= 15 is 0 Å². The quantitative estimate of drug-likeness (QED) is 0.332. The van der Waals surface area contributed by atoms with Crippen LogP contribution in [0.15, 0.2) is 52.4 Å². The van der Waals surface area contributed by atoms with Crippen LogP contribution >= 0.6 is 23.2 Å². The first-order valence-corrected chi connectivity index (χ1v) is 11.1.